The molecule has 0 bridgehead atoms. The van der Waals surface area contributed by atoms with Crippen molar-refractivity contribution in [2.75, 3.05) is 14.2 Å². The number of esters is 1. The zero-order valence-corrected chi connectivity index (χ0v) is 15.6. The SMILES string of the molecule is COC(=O)c1ccc(CNC(=O)c2ccc(-c3cccc(OC)c3)nc2)cc1. The number of aromatic nitrogens is 1. The lowest BCUT2D eigenvalue weighted by Gasteiger charge is -2.07. The van der Waals surface area contributed by atoms with E-state index in [-0.39, 0.29) is 5.91 Å². The van der Waals surface area contributed by atoms with Crippen LogP contribution in [0, 0.1) is 0 Å². The molecule has 0 aliphatic carbocycles. The Morgan fingerprint density at radius 1 is 0.964 bits per heavy atom. The van der Waals surface area contributed by atoms with Crippen LogP contribution in [-0.2, 0) is 11.3 Å². The van der Waals surface area contributed by atoms with Gasteiger partial charge in [0.15, 0.2) is 0 Å². The maximum absolute atomic E-state index is 12.3. The van der Waals surface area contributed by atoms with E-state index >= 15 is 0 Å². The summed E-state index contributed by atoms with van der Waals surface area (Å²) in [7, 11) is 2.95. The van der Waals surface area contributed by atoms with Gasteiger partial charge in [0.25, 0.3) is 5.91 Å². The summed E-state index contributed by atoms with van der Waals surface area (Å²) in [6.07, 6.45) is 1.55. The lowest BCUT2D eigenvalue weighted by molar-refractivity contribution is 0.0600. The molecule has 142 valence electrons. The number of pyridine rings is 1. The number of nitrogens with one attached hydrogen (secondary N) is 1. The zero-order chi connectivity index (χ0) is 19.9. The van der Waals surface area contributed by atoms with Crippen LogP contribution >= 0.6 is 0 Å². The summed E-state index contributed by atoms with van der Waals surface area (Å²) >= 11 is 0. The number of rotatable bonds is 6. The molecule has 0 radical (unpaired) electrons. The van der Waals surface area contributed by atoms with E-state index in [0.717, 1.165) is 22.6 Å². The van der Waals surface area contributed by atoms with Gasteiger partial charge in [-0.15, -0.1) is 0 Å². The Balaban J connectivity index is 1.62. The van der Waals surface area contributed by atoms with Gasteiger partial charge in [0.2, 0.25) is 0 Å². The van der Waals surface area contributed by atoms with Crippen LogP contribution in [0.2, 0.25) is 0 Å². The van der Waals surface area contributed by atoms with Crippen LogP contribution in [0.15, 0.2) is 66.9 Å². The number of carbonyl (C=O) groups is 2. The molecule has 0 atom stereocenters. The molecule has 0 fully saturated rings. The lowest BCUT2D eigenvalue weighted by atomic mass is 10.1. The first-order chi connectivity index (χ1) is 13.6. The van der Waals surface area contributed by atoms with Gasteiger partial charge >= 0.3 is 5.97 Å². The van der Waals surface area contributed by atoms with Crippen molar-refractivity contribution in [3.8, 4) is 17.0 Å². The molecule has 3 rings (SSSR count). The molecule has 2 aromatic carbocycles. The fraction of sp³-hybridized carbons (Fsp3) is 0.136. The fourth-order valence-corrected chi connectivity index (χ4v) is 2.64. The monoisotopic (exact) mass is 376 g/mol. The van der Waals surface area contributed by atoms with Crippen molar-refractivity contribution in [3.05, 3.63) is 83.6 Å². The van der Waals surface area contributed by atoms with Gasteiger partial charge < -0.3 is 14.8 Å². The first kappa shape index (κ1) is 19.1. The molecule has 0 unspecified atom stereocenters. The van der Waals surface area contributed by atoms with Gasteiger partial charge in [0.05, 0.1) is 31.0 Å². The Labute approximate surface area is 163 Å². The molecular formula is C22H20N2O4. The third-order valence-electron chi connectivity index (χ3n) is 4.22. The average Bonchev–Trinajstić information content (AvgIpc) is 2.77. The van der Waals surface area contributed by atoms with Gasteiger partial charge in [0.1, 0.15) is 5.75 Å². The summed E-state index contributed by atoms with van der Waals surface area (Å²) in [4.78, 5) is 28.2. The molecular weight excluding hydrogens is 356 g/mol. The maximum atomic E-state index is 12.3. The summed E-state index contributed by atoms with van der Waals surface area (Å²) in [5, 5.41) is 2.84. The Morgan fingerprint density at radius 3 is 2.36 bits per heavy atom. The van der Waals surface area contributed by atoms with E-state index in [1.54, 1.807) is 49.7 Å². The highest BCUT2D eigenvalue weighted by molar-refractivity contribution is 5.94. The van der Waals surface area contributed by atoms with Gasteiger partial charge in [-0.05, 0) is 42.0 Å². The predicted molar refractivity (Wildman–Crippen MR) is 105 cm³/mol. The number of amides is 1. The summed E-state index contributed by atoms with van der Waals surface area (Å²) < 4.78 is 9.89. The topological polar surface area (TPSA) is 77.5 Å². The van der Waals surface area contributed by atoms with Crippen molar-refractivity contribution in [3.63, 3.8) is 0 Å². The largest absolute Gasteiger partial charge is 0.497 e. The van der Waals surface area contributed by atoms with E-state index in [0.29, 0.717) is 17.7 Å². The smallest absolute Gasteiger partial charge is 0.337 e. The highest BCUT2D eigenvalue weighted by Crippen LogP contribution is 2.22. The van der Waals surface area contributed by atoms with Crippen molar-refractivity contribution in [1.29, 1.82) is 0 Å². The molecule has 1 amide bonds. The van der Waals surface area contributed by atoms with E-state index in [1.165, 1.54) is 7.11 Å². The normalized spacial score (nSPS) is 10.2. The van der Waals surface area contributed by atoms with Crippen molar-refractivity contribution < 1.29 is 19.1 Å². The van der Waals surface area contributed by atoms with E-state index in [2.05, 4.69) is 15.0 Å². The minimum absolute atomic E-state index is 0.221. The first-order valence-corrected chi connectivity index (χ1v) is 8.66. The van der Waals surface area contributed by atoms with Crippen LogP contribution in [0.1, 0.15) is 26.3 Å². The quantitative estimate of drug-likeness (QED) is 0.667. The third-order valence-corrected chi connectivity index (χ3v) is 4.22. The minimum Gasteiger partial charge on any atom is -0.497 e. The standard InChI is InChI=1S/C22H20N2O4/c1-27-19-5-3-4-17(12-19)20-11-10-18(14-23-20)21(25)24-13-15-6-8-16(9-7-15)22(26)28-2/h3-12,14H,13H2,1-2H3,(H,24,25). The lowest BCUT2D eigenvalue weighted by Crippen LogP contribution is -2.22. The fourth-order valence-electron chi connectivity index (χ4n) is 2.64. The molecule has 0 aliphatic rings. The van der Waals surface area contributed by atoms with Crippen LogP contribution < -0.4 is 10.1 Å². The van der Waals surface area contributed by atoms with E-state index in [4.69, 9.17) is 4.74 Å². The molecule has 28 heavy (non-hydrogen) atoms. The van der Waals surface area contributed by atoms with E-state index in [9.17, 15) is 9.59 Å². The van der Waals surface area contributed by atoms with Gasteiger partial charge in [-0.25, -0.2) is 4.79 Å². The number of nitrogens with zero attached hydrogens (tertiary/aromatic N) is 1. The number of hydrogen-bond donors (Lipinski definition) is 1. The van der Waals surface area contributed by atoms with Gasteiger partial charge in [-0.2, -0.15) is 0 Å². The number of carbonyl (C=O) groups excluding carboxylic acids is 2. The molecule has 1 aromatic heterocycles. The predicted octanol–water partition coefficient (Wildman–Crippen LogP) is 3.47. The maximum Gasteiger partial charge on any atom is 0.337 e. The number of ether oxygens (including phenoxy) is 2. The molecule has 0 saturated carbocycles. The van der Waals surface area contributed by atoms with Crippen molar-refractivity contribution in [2.24, 2.45) is 0 Å². The van der Waals surface area contributed by atoms with E-state index in [1.807, 2.05) is 24.3 Å². The van der Waals surface area contributed by atoms with Crippen molar-refractivity contribution >= 4 is 11.9 Å². The average molecular weight is 376 g/mol. The van der Waals surface area contributed by atoms with Crippen LogP contribution in [0.25, 0.3) is 11.3 Å². The molecule has 1 heterocycles. The van der Waals surface area contributed by atoms with Crippen LogP contribution in [0.3, 0.4) is 0 Å². The Hall–Kier alpha value is -3.67. The highest BCUT2D eigenvalue weighted by atomic mass is 16.5. The molecule has 6 nitrogen and oxygen atoms in total. The van der Waals surface area contributed by atoms with Crippen LogP contribution in [0.4, 0.5) is 0 Å². The molecule has 3 aromatic rings. The molecule has 0 spiro atoms. The Kier molecular flexibility index (Phi) is 6.01. The third kappa shape index (κ3) is 4.54. The molecule has 6 heteroatoms. The number of hydrogen-bond acceptors (Lipinski definition) is 5. The highest BCUT2D eigenvalue weighted by Gasteiger charge is 2.09. The summed E-state index contributed by atoms with van der Waals surface area (Å²) in [6.45, 7) is 0.345. The Morgan fingerprint density at radius 2 is 1.71 bits per heavy atom. The molecule has 0 saturated heterocycles. The van der Waals surface area contributed by atoms with Gasteiger partial charge in [-0.1, -0.05) is 24.3 Å². The van der Waals surface area contributed by atoms with Crippen LogP contribution in [-0.4, -0.2) is 31.1 Å². The second kappa shape index (κ2) is 8.81. The second-order valence-corrected chi connectivity index (χ2v) is 6.04. The van der Waals surface area contributed by atoms with Gasteiger partial charge in [-0.3, -0.25) is 9.78 Å². The Bertz CT molecular complexity index is 967. The number of benzene rings is 2. The summed E-state index contributed by atoms with van der Waals surface area (Å²) in [6, 6.07) is 18.0. The summed E-state index contributed by atoms with van der Waals surface area (Å²) in [5.41, 5.74) is 3.49. The van der Waals surface area contributed by atoms with Crippen molar-refractivity contribution in [2.45, 2.75) is 6.54 Å². The minimum atomic E-state index is -0.391. The van der Waals surface area contributed by atoms with E-state index < -0.39 is 5.97 Å². The second-order valence-electron chi connectivity index (χ2n) is 6.04. The van der Waals surface area contributed by atoms with Crippen LogP contribution in [0.5, 0.6) is 5.75 Å². The zero-order valence-electron chi connectivity index (χ0n) is 15.6. The summed E-state index contributed by atoms with van der Waals surface area (Å²) in [5.74, 6) is 0.138. The number of methoxy groups -OCH3 is 2. The van der Waals surface area contributed by atoms with Gasteiger partial charge in [0, 0.05) is 18.3 Å². The first-order valence-electron chi connectivity index (χ1n) is 8.66. The van der Waals surface area contributed by atoms with Crippen molar-refractivity contribution in [1.82, 2.24) is 10.3 Å². The molecule has 0 aliphatic heterocycles. The molecule has 1 N–H and O–H groups in total.